The van der Waals surface area contributed by atoms with E-state index in [4.69, 9.17) is 4.74 Å². The molecular formula is C21H36IN3O. The third kappa shape index (κ3) is 7.82. The Morgan fingerprint density at radius 3 is 2.69 bits per heavy atom. The standard InChI is InChI=1S/C21H35N3O.HI/c1-21(2,13-8-11-18-9-6-5-7-10-18)17-23-20(22-3)24-14-12-19(15-24)16-25-4;/h5-7,9-10,19H,8,11-17H2,1-4H3,(H,22,23);1H. The van der Waals surface area contributed by atoms with Crippen LogP contribution in [-0.4, -0.2) is 51.3 Å². The number of hydrogen-bond acceptors (Lipinski definition) is 2. The van der Waals surface area contributed by atoms with Gasteiger partial charge in [-0.15, -0.1) is 24.0 Å². The van der Waals surface area contributed by atoms with Crippen LogP contribution in [0.25, 0.3) is 0 Å². The number of nitrogens with zero attached hydrogens (tertiary/aromatic N) is 2. The van der Waals surface area contributed by atoms with Crippen molar-refractivity contribution in [1.82, 2.24) is 10.2 Å². The molecule has 1 atom stereocenters. The average molecular weight is 473 g/mol. The fourth-order valence-corrected chi connectivity index (χ4v) is 3.55. The van der Waals surface area contributed by atoms with Crippen molar-refractivity contribution in [3.8, 4) is 0 Å². The first-order valence-corrected chi connectivity index (χ1v) is 9.52. The van der Waals surface area contributed by atoms with Crippen LogP contribution in [0.4, 0.5) is 0 Å². The number of ether oxygens (including phenoxy) is 1. The molecule has 1 aromatic carbocycles. The second kappa shape index (κ2) is 11.8. The van der Waals surface area contributed by atoms with Gasteiger partial charge in [0, 0.05) is 39.7 Å². The molecule has 1 fully saturated rings. The van der Waals surface area contributed by atoms with Gasteiger partial charge in [-0.25, -0.2) is 0 Å². The van der Waals surface area contributed by atoms with Crippen LogP contribution in [-0.2, 0) is 11.2 Å². The van der Waals surface area contributed by atoms with Crippen molar-refractivity contribution in [2.45, 2.75) is 39.5 Å². The quantitative estimate of drug-likeness (QED) is 0.350. The molecule has 4 nitrogen and oxygen atoms in total. The van der Waals surface area contributed by atoms with Crippen molar-refractivity contribution in [2.75, 3.05) is 40.4 Å². The molecule has 1 saturated heterocycles. The summed E-state index contributed by atoms with van der Waals surface area (Å²) >= 11 is 0. The van der Waals surface area contributed by atoms with Crippen LogP contribution < -0.4 is 5.32 Å². The van der Waals surface area contributed by atoms with Gasteiger partial charge in [-0.3, -0.25) is 4.99 Å². The maximum absolute atomic E-state index is 5.30. The number of benzene rings is 1. The summed E-state index contributed by atoms with van der Waals surface area (Å²) in [5.41, 5.74) is 1.69. The number of likely N-dealkylation sites (tertiary alicyclic amines) is 1. The Hall–Kier alpha value is -0.820. The summed E-state index contributed by atoms with van der Waals surface area (Å²) in [6.07, 6.45) is 4.77. The van der Waals surface area contributed by atoms with Gasteiger partial charge < -0.3 is 15.0 Å². The molecular weight excluding hydrogens is 437 g/mol. The molecule has 1 N–H and O–H groups in total. The third-order valence-corrected chi connectivity index (χ3v) is 5.09. The molecule has 0 saturated carbocycles. The summed E-state index contributed by atoms with van der Waals surface area (Å²) in [5.74, 6) is 1.66. The lowest BCUT2D eigenvalue weighted by atomic mass is 9.86. The van der Waals surface area contributed by atoms with Crippen molar-refractivity contribution >= 4 is 29.9 Å². The molecule has 0 aliphatic carbocycles. The maximum Gasteiger partial charge on any atom is 0.193 e. The average Bonchev–Trinajstić information content (AvgIpc) is 3.05. The second-order valence-corrected chi connectivity index (χ2v) is 7.96. The third-order valence-electron chi connectivity index (χ3n) is 5.09. The first-order valence-electron chi connectivity index (χ1n) is 9.52. The molecule has 1 unspecified atom stereocenters. The van der Waals surface area contributed by atoms with E-state index in [0.717, 1.165) is 38.6 Å². The van der Waals surface area contributed by atoms with E-state index < -0.39 is 0 Å². The molecule has 148 valence electrons. The van der Waals surface area contributed by atoms with Crippen molar-refractivity contribution in [1.29, 1.82) is 0 Å². The van der Waals surface area contributed by atoms with Crippen LogP contribution in [0.5, 0.6) is 0 Å². The Balaban J connectivity index is 0.00000338. The summed E-state index contributed by atoms with van der Waals surface area (Å²) < 4.78 is 5.30. The minimum atomic E-state index is 0. The minimum absolute atomic E-state index is 0. The summed E-state index contributed by atoms with van der Waals surface area (Å²) in [7, 11) is 3.67. The lowest BCUT2D eigenvalue weighted by Gasteiger charge is -2.29. The predicted octanol–water partition coefficient (Wildman–Crippen LogP) is 4.20. The van der Waals surface area contributed by atoms with Crippen LogP contribution in [0.2, 0.25) is 0 Å². The highest BCUT2D eigenvalue weighted by Gasteiger charge is 2.26. The van der Waals surface area contributed by atoms with Gasteiger partial charge in [0.25, 0.3) is 0 Å². The highest BCUT2D eigenvalue weighted by atomic mass is 127. The Kier molecular flexibility index (Phi) is 10.5. The van der Waals surface area contributed by atoms with Crippen LogP contribution in [0, 0.1) is 11.3 Å². The van der Waals surface area contributed by atoms with Gasteiger partial charge in [-0.05, 0) is 36.7 Å². The van der Waals surface area contributed by atoms with E-state index in [1.54, 1.807) is 7.11 Å². The molecule has 5 heteroatoms. The number of aryl methyl sites for hydroxylation is 1. The van der Waals surface area contributed by atoms with Crippen molar-refractivity contribution in [2.24, 2.45) is 16.3 Å². The summed E-state index contributed by atoms with van der Waals surface area (Å²) in [5, 5.41) is 3.60. The molecule has 1 aliphatic rings. The van der Waals surface area contributed by atoms with Gasteiger partial charge in [-0.2, -0.15) is 0 Å². The number of methoxy groups -OCH3 is 1. The number of nitrogens with one attached hydrogen (secondary N) is 1. The Labute approximate surface area is 176 Å². The fraction of sp³-hybridized carbons (Fsp3) is 0.667. The number of hydrogen-bond donors (Lipinski definition) is 1. The second-order valence-electron chi connectivity index (χ2n) is 7.96. The first kappa shape index (κ1) is 23.2. The smallest absolute Gasteiger partial charge is 0.193 e. The van der Waals surface area contributed by atoms with Gasteiger partial charge in [0.05, 0.1) is 6.61 Å². The molecule has 1 aromatic rings. The molecule has 1 aliphatic heterocycles. The summed E-state index contributed by atoms with van der Waals surface area (Å²) in [4.78, 5) is 6.85. The van der Waals surface area contributed by atoms with Crippen molar-refractivity contribution in [3.63, 3.8) is 0 Å². The SMILES string of the molecule is CN=C(NCC(C)(C)CCCc1ccccc1)N1CCC(COC)C1.I. The largest absolute Gasteiger partial charge is 0.384 e. The maximum atomic E-state index is 5.30. The van der Waals surface area contributed by atoms with E-state index in [1.165, 1.54) is 24.8 Å². The van der Waals surface area contributed by atoms with Gasteiger partial charge in [0.2, 0.25) is 0 Å². The molecule has 0 amide bonds. The zero-order chi connectivity index (χ0) is 18.1. The number of rotatable bonds is 8. The predicted molar refractivity (Wildman–Crippen MR) is 121 cm³/mol. The molecule has 1 heterocycles. The van der Waals surface area contributed by atoms with E-state index in [1.807, 2.05) is 7.05 Å². The van der Waals surface area contributed by atoms with Crippen LogP contribution in [0.3, 0.4) is 0 Å². The van der Waals surface area contributed by atoms with Crippen LogP contribution >= 0.6 is 24.0 Å². The number of halogens is 1. The van der Waals surface area contributed by atoms with Gasteiger partial charge in [0.15, 0.2) is 5.96 Å². The van der Waals surface area contributed by atoms with E-state index in [2.05, 4.69) is 59.4 Å². The molecule has 2 rings (SSSR count). The van der Waals surface area contributed by atoms with Gasteiger partial charge >= 0.3 is 0 Å². The van der Waals surface area contributed by atoms with E-state index in [-0.39, 0.29) is 29.4 Å². The lowest BCUT2D eigenvalue weighted by Crippen LogP contribution is -2.44. The number of guanidine groups is 1. The minimum Gasteiger partial charge on any atom is -0.384 e. The topological polar surface area (TPSA) is 36.9 Å². The van der Waals surface area contributed by atoms with Crippen LogP contribution in [0.1, 0.15) is 38.7 Å². The first-order chi connectivity index (χ1) is 12.0. The summed E-state index contributed by atoms with van der Waals surface area (Å²) in [6, 6.07) is 10.8. The molecule has 0 bridgehead atoms. The number of aliphatic imine (C=N–C) groups is 1. The molecule has 26 heavy (non-hydrogen) atoms. The van der Waals surface area contributed by atoms with Gasteiger partial charge in [-0.1, -0.05) is 44.2 Å². The zero-order valence-electron chi connectivity index (χ0n) is 16.8. The van der Waals surface area contributed by atoms with Crippen molar-refractivity contribution < 1.29 is 4.74 Å². The highest BCUT2D eigenvalue weighted by molar-refractivity contribution is 14.0. The van der Waals surface area contributed by atoms with E-state index >= 15 is 0 Å². The molecule has 0 radical (unpaired) electrons. The van der Waals surface area contributed by atoms with Gasteiger partial charge in [0.1, 0.15) is 0 Å². The monoisotopic (exact) mass is 473 g/mol. The summed E-state index contributed by atoms with van der Waals surface area (Å²) in [6.45, 7) is 8.61. The van der Waals surface area contributed by atoms with E-state index in [0.29, 0.717) is 5.92 Å². The van der Waals surface area contributed by atoms with Crippen LogP contribution in [0.15, 0.2) is 35.3 Å². The fourth-order valence-electron chi connectivity index (χ4n) is 3.55. The molecule has 0 spiro atoms. The Morgan fingerprint density at radius 2 is 2.04 bits per heavy atom. The van der Waals surface area contributed by atoms with E-state index in [9.17, 15) is 0 Å². The van der Waals surface area contributed by atoms with Crippen molar-refractivity contribution in [3.05, 3.63) is 35.9 Å². The highest BCUT2D eigenvalue weighted by Crippen LogP contribution is 2.23. The normalized spacial score (nSPS) is 17.9. The zero-order valence-corrected chi connectivity index (χ0v) is 19.2. The molecule has 0 aromatic heterocycles. The Bertz CT molecular complexity index is 533. The lowest BCUT2D eigenvalue weighted by molar-refractivity contribution is 0.157. The Morgan fingerprint density at radius 1 is 1.31 bits per heavy atom.